The maximum Gasteiger partial charge on any atom is 0.249 e. The third kappa shape index (κ3) is 51.9. The van der Waals surface area contributed by atoms with Gasteiger partial charge in [-0.2, -0.15) is 0 Å². The molecule has 0 radical (unpaired) electrons. The summed E-state index contributed by atoms with van der Waals surface area (Å²) in [6, 6.07) is -0.999. The van der Waals surface area contributed by atoms with E-state index in [0.717, 1.165) is 38.5 Å². The van der Waals surface area contributed by atoms with Crippen LogP contribution < -0.4 is 5.32 Å². The number of carbonyl (C=O) groups excluding carboxylic acids is 1. The van der Waals surface area contributed by atoms with Crippen LogP contribution in [0.25, 0.3) is 0 Å². The fourth-order valence-corrected chi connectivity index (χ4v) is 10.5. The standard InChI is InChI=1S/C64H127NO5/c1-3-5-7-9-11-13-15-17-19-21-23-24-25-26-27-28-29-30-31-32-33-34-35-36-37-38-39-40-42-44-46-48-50-52-54-56-58-62(68)64(70)65-60(59-66)63(69)61(67)57-55-53-51-49-47-45-43-41-22-20-18-16-14-12-10-8-6-4-2/h49,51,60-63,66-69H,3-48,50,52-59H2,1-2H3,(H,65,70)/b51-49+. The quantitative estimate of drug-likeness (QED) is 0.0308. The second-order valence-electron chi connectivity index (χ2n) is 22.5. The number of hydrogen-bond acceptors (Lipinski definition) is 5. The molecule has 4 unspecified atom stereocenters. The molecule has 0 saturated carbocycles. The molecule has 0 saturated heterocycles. The van der Waals surface area contributed by atoms with Gasteiger partial charge in [0, 0.05) is 0 Å². The lowest BCUT2D eigenvalue weighted by Crippen LogP contribution is -2.53. The number of hydrogen-bond donors (Lipinski definition) is 5. The molecule has 0 heterocycles. The Morgan fingerprint density at radius 1 is 0.343 bits per heavy atom. The molecule has 0 aromatic carbocycles. The zero-order valence-electron chi connectivity index (χ0n) is 47.6. The van der Waals surface area contributed by atoms with Crippen LogP contribution in [0, 0.1) is 0 Å². The average Bonchev–Trinajstić information content (AvgIpc) is 3.36. The van der Waals surface area contributed by atoms with Crippen molar-refractivity contribution in [1.29, 1.82) is 0 Å². The second-order valence-corrected chi connectivity index (χ2v) is 22.5. The molecule has 5 N–H and O–H groups in total. The smallest absolute Gasteiger partial charge is 0.249 e. The van der Waals surface area contributed by atoms with E-state index < -0.39 is 36.9 Å². The van der Waals surface area contributed by atoms with Crippen LogP contribution in [-0.4, -0.2) is 57.3 Å². The molecule has 0 spiro atoms. The summed E-state index contributed by atoms with van der Waals surface area (Å²) in [7, 11) is 0. The molecule has 6 nitrogen and oxygen atoms in total. The van der Waals surface area contributed by atoms with E-state index in [0.29, 0.717) is 12.8 Å². The predicted molar refractivity (Wildman–Crippen MR) is 307 cm³/mol. The van der Waals surface area contributed by atoms with Crippen LogP contribution in [0.5, 0.6) is 0 Å². The minimum Gasteiger partial charge on any atom is -0.394 e. The number of unbranched alkanes of at least 4 members (excludes halogenated alkanes) is 49. The first-order chi connectivity index (χ1) is 34.5. The molecule has 0 fully saturated rings. The minimum absolute atomic E-state index is 0.369. The predicted octanol–water partition coefficient (Wildman–Crippen LogP) is 19.2. The summed E-state index contributed by atoms with van der Waals surface area (Å²) in [5.74, 6) is -0.585. The van der Waals surface area contributed by atoms with Crippen LogP contribution in [-0.2, 0) is 4.79 Å². The molecule has 0 aliphatic rings. The van der Waals surface area contributed by atoms with Crippen molar-refractivity contribution in [3.8, 4) is 0 Å². The van der Waals surface area contributed by atoms with E-state index in [4.69, 9.17) is 0 Å². The summed E-state index contributed by atoms with van der Waals surface area (Å²) in [4.78, 5) is 12.6. The Hall–Kier alpha value is -0.950. The topological polar surface area (TPSA) is 110 Å². The fourth-order valence-electron chi connectivity index (χ4n) is 10.5. The van der Waals surface area contributed by atoms with E-state index in [1.54, 1.807) is 0 Å². The molecule has 0 aromatic rings. The fraction of sp³-hybridized carbons (Fsp3) is 0.953. The maximum absolute atomic E-state index is 12.6. The van der Waals surface area contributed by atoms with Gasteiger partial charge in [-0.3, -0.25) is 4.79 Å². The molecule has 418 valence electrons. The van der Waals surface area contributed by atoms with Crippen molar-refractivity contribution in [2.75, 3.05) is 6.61 Å². The Balaban J connectivity index is 3.51. The summed E-state index contributed by atoms with van der Waals surface area (Å²) < 4.78 is 0. The lowest BCUT2D eigenvalue weighted by molar-refractivity contribution is -0.132. The van der Waals surface area contributed by atoms with E-state index in [-0.39, 0.29) is 0 Å². The SMILES string of the molecule is CCCCCCCCCCCCCCC/C=C/CCCC(O)C(O)C(CO)NC(=O)C(O)CCCCCCCCCCCCCCCCCCCCCCCCCCCCCCCCCCCCCC. The van der Waals surface area contributed by atoms with Crippen molar-refractivity contribution < 1.29 is 25.2 Å². The van der Waals surface area contributed by atoms with Gasteiger partial charge in [0.15, 0.2) is 0 Å². The zero-order chi connectivity index (χ0) is 50.9. The van der Waals surface area contributed by atoms with E-state index in [1.807, 2.05) is 0 Å². The summed E-state index contributed by atoms with van der Waals surface area (Å²) in [5, 5.41) is 44.0. The van der Waals surface area contributed by atoms with Crippen molar-refractivity contribution in [3.63, 3.8) is 0 Å². The first kappa shape index (κ1) is 69.0. The Morgan fingerprint density at radius 2 is 0.586 bits per heavy atom. The van der Waals surface area contributed by atoms with Crippen molar-refractivity contribution in [2.24, 2.45) is 0 Å². The van der Waals surface area contributed by atoms with Crippen LogP contribution in [0.4, 0.5) is 0 Å². The number of aliphatic hydroxyl groups is 4. The molecule has 6 heteroatoms. The number of aliphatic hydroxyl groups excluding tert-OH is 4. The third-order valence-corrected chi connectivity index (χ3v) is 15.5. The Bertz CT molecular complexity index is 1020. The van der Waals surface area contributed by atoms with Gasteiger partial charge in [-0.25, -0.2) is 0 Å². The zero-order valence-corrected chi connectivity index (χ0v) is 47.6. The van der Waals surface area contributed by atoms with Crippen molar-refractivity contribution in [1.82, 2.24) is 5.32 Å². The molecule has 0 aromatic heterocycles. The molecule has 0 aliphatic heterocycles. The van der Waals surface area contributed by atoms with Gasteiger partial charge in [0.25, 0.3) is 0 Å². The van der Waals surface area contributed by atoms with E-state index in [1.165, 1.54) is 295 Å². The normalized spacial score (nSPS) is 13.6. The van der Waals surface area contributed by atoms with Crippen molar-refractivity contribution in [3.05, 3.63) is 12.2 Å². The van der Waals surface area contributed by atoms with Crippen molar-refractivity contribution in [2.45, 2.75) is 385 Å². The van der Waals surface area contributed by atoms with Gasteiger partial charge in [0.2, 0.25) is 5.91 Å². The Labute approximate surface area is 438 Å². The molecule has 1 amide bonds. The van der Waals surface area contributed by atoms with Crippen molar-refractivity contribution >= 4 is 5.91 Å². The Kier molecular flexibility index (Phi) is 58.1. The van der Waals surface area contributed by atoms with Crippen LogP contribution >= 0.6 is 0 Å². The number of carbonyl (C=O) groups is 1. The first-order valence-electron chi connectivity index (χ1n) is 32.1. The van der Waals surface area contributed by atoms with E-state index in [2.05, 4.69) is 31.3 Å². The average molecular weight is 991 g/mol. The van der Waals surface area contributed by atoms with Gasteiger partial charge in [0.05, 0.1) is 18.8 Å². The second kappa shape index (κ2) is 58.9. The van der Waals surface area contributed by atoms with E-state index in [9.17, 15) is 25.2 Å². The molecular weight excluding hydrogens is 863 g/mol. The number of allylic oxidation sites excluding steroid dienone is 2. The van der Waals surface area contributed by atoms with E-state index >= 15 is 0 Å². The van der Waals surface area contributed by atoms with Crippen LogP contribution in [0.1, 0.15) is 361 Å². The highest BCUT2D eigenvalue weighted by atomic mass is 16.3. The maximum atomic E-state index is 12.6. The summed E-state index contributed by atoms with van der Waals surface area (Å²) in [6.45, 7) is 4.09. The van der Waals surface area contributed by atoms with Gasteiger partial charge in [-0.15, -0.1) is 0 Å². The summed E-state index contributed by atoms with van der Waals surface area (Å²) in [6.07, 6.45) is 71.9. The van der Waals surface area contributed by atoms with Crippen LogP contribution in [0.2, 0.25) is 0 Å². The lowest BCUT2D eigenvalue weighted by atomic mass is 10.00. The molecule has 70 heavy (non-hydrogen) atoms. The first-order valence-corrected chi connectivity index (χ1v) is 32.1. The monoisotopic (exact) mass is 990 g/mol. The molecule has 4 atom stereocenters. The number of rotatable bonds is 60. The van der Waals surface area contributed by atoms with Gasteiger partial charge < -0.3 is 25.7 Å². The highest BCUT2D eigenvalue weighted by molar-refractivity contribution is 5.80. The van der Waals surface area contributed by atoms with Crippen LogP contribution in [0.15, 0.2) is 12.2 Å². The van der Waals surface area contributed by atoms with Gasteiger partial charge >= 0.3 is 0 Å². The highest BCUT2D eigenvalue weighted by Crippen LogP contribution is 2.19. The Morgan fingerprint density at radius 3 is 0.857 bits per heavy atom. The molecule has 0 aliphatic carbocycles. The third-order valence-electron chi connectivity index (χ3n) is 15.5. The number of amides is 1. The number of nitrogens with one attached hydrogen (secondary N) is 1. The van der Waals surface area contributed by atoms with Gasteiger partial charge in [0.1, 0.15) is 12.2 Å². The summed E-state index contributed by atoms with van der Waals surface area (Å²) >= 11 is 0. The summed E-state index contributed by atoms with van der Waals surface area (Å²) in [5.41, 5.74) is 0. The highest BCUT2D eigenvalue weighted by Gasteiger charge is 2.28. The minimum atomic E-state index is -1.28. The largest absolute Gasteiger partial charge is 0.394 e. The van der Waals surface area contributed by atoms with Crippen LogP contribution in [0.3, 0.4) is 0 Å². The molecular formula is C64H127NO5. The van der Waals surface area contributed by atoms with Gasteiger partial charge in [-0.05, 0) is 38.5 Å². The lowest BCUT2D eigenvalue weighted by Gasteiger charge is -2.27. The molecule has 0 rings (SSSR count). The van der Waals surface area contributed by atoms with Gasteiger partial charge in [-0.1, -0.05) is 334 Å². The molecule has 0 bridgehead atoms.